The highest BCUT2D eigenvalue weighted by Crippen LogP contribution is 2.27. The van der Waals surface area contributed by atoms with E-state index in [0.717, 1.165) is 11.8 Å². The highest BCUT2D eigenvalue weighted by atomic mass is 16.5. The van der Waals surface area contributed by atoms with Crippen molar-refractivity contribution in [2.24, 2.45) is 5.41 Å². The molecule has 2 amide bonds. The molecule has 2 aromatic rings. The van der Waals surface area contributed by atoms with Gasteiger partial charge in [0.15, 0.2) is 0 Å². The number of fused-ring (bicyclic) bond motifs is 1. The highest BCUT2D eigenvalue weighted by Gasteiger charge is 2.37. The van der Waals surface area contributed by atoms with E-state index in [-0.39, 0.29) is 17.5 Å². The first-order valence-corrected chi connectivity index (χ1v) is 8.40. The normalized spacial score (nSPS) is 14.9. The molecule has 2 heterocycles. The fourth-order valence-electron chi connectivity index (χ4n) is 2.98. The number of hydrogen-bond donors (Lipinski definition) is 0. The van der Waals surface area contributed by atoms with E-state index < -0.39 is 5.41 Å². The van der Waals surface area contributed by atoms with Crippen molar-refractivity contribution in [3.8, 4) is 5.75 Å². The van der Waals surface area contributed by atoms with Gasteiger partial charge in [0.2, 0.25) is 5.91 Å². The minimum atomic E-state index is -0.544. The molecule has 0 aliphatic carbocycles. The van der Waals surface area contributed by atoms with E-state index >= 15 is 0 Å². The third-order valence-electron chi connectivity index (χ3n) is 4.26. The number of carbonyl (C=O) groups is 2. The van der Waals surface area contributed by atoms with Gasteiger partial charge < -0.3 is 4.74 Å². The predicted molar refractivity (Wildman–Crippen MR) is 95.1 cm³/mol. The lowest BCUT2D eigenvalue weighted by Crippen LogP contribution is -2.49. The van der Waals surface area contributed by atoms with Crippen LogP contribution in [0.5, 0.6) is 5.75 Å². The monoisotopic (exact) mass is 341 g/mol. The van der Waals surface area contributed by atoms with E-state index in [9.17, 15) is 9.59 Å². The summed E-state index contributed by atoms with van der Waals surface area (Å²) in [7, 11) is 1.57. The van der Waals surface area contributed by atoms with Crippen LogP contribution in [-0.4, -0.2) is 47.0 Å². The maximum atomic E-state index is 13.0. The third-order valence-corrected chi connectivity index (χ3v) is 4.26. The molecule has 0 unspecified atom stereocenters. The number of hydrazine groups is 1. The van der Waals surface area contributed by atoms with Crippen LogP contribution in [0.3, 0.4) is 0 Å². The van der Waals surface area contributed by atoms with Crippen LogP contribution in [0.2, 0.25) is 0 Å². The lowest BCUT2D eigenvalue weighted by molar-refractivity contribution is -0.149. The van der Waals surface area contributed by atoms with Gasteiger partial charge in [-0.1, -0.05) is 32.9 Å². The van der Waals surface area contributed by atoms with E-state index in [1.165, 1.54) is 5.01 Å². The zero-order valence-corrected chi connectivity index (χ0v) is 15.1. The predicted octanol–water partition coefficient (Wildman–Crippen LogP) is 2.88. The van der Waals surface area contributed by atoms with E-state index in [1.807, 2.05) is 45.0 Å². The largest absolute Gasteiger partial charge is 0.496 e. The van der Waals surface area contributed by atoms with Crippen LogP contribution in [0, 0.1) is 5.41 Å². The van der Waals surface area contributed by atoms with Crippen LogP contribution in [0.25, 0.3) is 10.9 Å². The highest BCUT2D eigenvalue weighted by molar-refractivity contribution is 5.98. The Hall–Kier alpha value is -2.63. The summed E-state index contributed by atoms with van der Waals surface area (Å²) in [4.78, 5) is 30.1. The Balaban J connectivity index is 1.97. The Bertz CT molecular complexity index is 826. The number of benzene rings is 1. The second-order valence-electron chi connectivity index (χ2n) is 7.19. The summed E-state index contributed by atoms with van der Waals surface area (Å²) in [6.07, 6.45) is 0.762. The molecule has 0 atom stereocenters. The molecule has 3 rings (SSSR count). The lowest BCUT2D eigenvalue weighted by Gasteiger charge is -2.32. The molecule has 0 spiro atoms. The Kier molecular flexibility index (Phi) is 4.37. The van der Waals surface area contributed by atoms with Gasteiger partial charge in [-0.25, -0.2) is 9.99 Å². The second kappa shape index (κ2) is 6.35. The Morgan fingerprint density at radius 3 is 2.48 bits per heavy atom. The van der Waals surface area contributed by atoms with Gasteiger partial charge in [0.1, 0.15) is 11.4 Å². The quantitative estimate of drug-likeness (QED) is 0.843. The summed E-state index contributed by atoms with van der Waals surface area (Å²) < 4.78 is 5.42. The van der Waals surface area contributed by atoms with Crippen LogP contribution >= 0.6 is 0 Å². The van der Waals surface area contributed by atoms with Crippen LogP contribution < -0.4 is 4.74 Å². The summed E-state index contributed by atoms with van der Waals surface area (Å²) in [5.41, 5.74) is 0.430. The fourth-order valence-corrected chi connectivity index (χ4v) is 2.98. The summed E-state index contributed by atoms with van der Waals surface area (Å²) in [6.45, 7) is 6.62. The molecule has 1 aromatic heterocycles. The van der Waals surface area contributed by atoms with Crippen LogP contribution in [0.4, 0.5) is 0 Å². The molecule has 0 radical (unpaired) electrons. The minimum absolute atomic E-state index is 0.0638. The van der Waals surface area contributed by atoms with Crippen molar-refractivity contribution in [1.29, 1.82) is 0 Å². The average Bonchev–Trinajstić information content (AvgIpc) is 3.07. The van der Waals surface area contributed by atoms with Crippen molar-refractivity contribution in [3.63, 3.8) is 0 Å². The zero-order chi connectivity index (χ0) is 18.2. The van der Waals surface area contributed by atoms with E-state index in [0.29, 0.717) is 24.4 Å². The van der Waals surface area contributed by atoms with E-state index in [1.54, 1.807) is 18.2 Å². The summed E-state index contributed by atoms with van der Waals surface area (Å²) in [5, 5.41) is 3.90. The lowest BCUT2D eigenvalue weighted by atomic mass is 9.95. The molecule has 0 N–H and O–H groups in total. The van der Waals surface area contributed by atoms with E-state index in [2.05, 4.69) is 4.98 Å². The van der Waals surface area contributed by atoms with Gasteiger partial charge in [0, 0.05) is 30.0 Å². The number of amides is 2. The Labute approximate surface area is 147 Å². The number of rotatable bonds is 2. The molecule has 0 bridgehead atoms. The molecule has 0 saturated carbocycles. The maximum Gasteiger partial charge on any atom is 0.291 e. The van der Waals surface area contributed by atoms with Crippen molar-refractivity contribution in [2.45, 2.75) is 27.2 Å². The van der Waals surface area contributed by atoms with Crippen molar-refractivity contribution in [3.05, 3.63) is 36.0 Å². The van der Waals surface area contributed by atoms with Gasteiger partial charge in [-0.05, 0) is 18.6 Å². The number of para-hydroxylation sites is 1. The molecule has 132 valence electrons. The van der Waals surface area contributed by atoms with E-state index in [4.69, 9.17) is 4.74 Å². The number of hydrogen-bond acceptors (Lipinski definition) is 4. The molecule has 1 aliphatic heterocycles. The summed E-state index contributed by atoms with van der Waals surface area (Å²) >= 11 is 0. The number of carbonyl (C=O) groups excluding carboxylic acids is 2. The van der Waals surface area contributed by atoms with Gasteiger partial charge in [-0.2, -0.15) is 0 Å². The van der Waals surface area contributed by atoms with Crippen molar-refractivity contribution < 1.29 is 14.3 Å². The molecule has 6 nitrogen and oxygen atoms in total. The number of ether oxygens (including phenoxy) is 1. The van der Waals surface area contributed by atoms with Crippen LogP contribution in [0.15, 0.2) is 30.3 Å². The Morgan fingerprint density at radius 2 is 1.80 bits per heavy atom. The molecule has 1 aliphatic rings. The number of pyridine rings is 1. The number of methoxy groups -OCH3 is 1. The molecule has 25 heavy (non-hydrogen) atoms. The Morgan fingerprint density at radius 1 is 1.12 bits per heavy atom. The maximum absolute atomic E-state index is 13.0. The van der Waals surface area contributed by atoms with Crippen molar-refractivity contribution in [2.75, 3.05) is 20.2 Å². The first-order valence-electron chi connectivity index (χ1n) is 8.40. The molecule has 1 aromatic carbocycles. The topological polar surface area (TPSA) is 62.7 Å². The first-order chi connectivity index (χ1) is 11.8. The van der Waals surface area contributed by atoms with Crippen molar-refractivity contribution >= 4 is 22.7 Å². The van der Waals surface area contributed by atoms with Crippen LogP contribution in [-0.2, 0) is 4.79 Å². The SMILES string of the molecule is COc1cc(C(=O)N2CCCN2C(=O)C(C)(C)C)nc2ccccc12. The van der Waals surface area contributed by atoms with Gasteiger partial charge in [-0.3, -0.25) is 14.6 Å². The molecular weight excluding hydrogens is 318 g/mol. The fraction of sp³-hybridized carbons (Fsp3) is 0.421. The minimum Gasteiger partial charge on any atom is -0.496 e. The molecule has 1 fully saturated rings. The number of nitrogens with zero attached hydrogens (tertiary/aromatic N) is 3. The second-order valence-corrected chi connectivity index (χ2v) is 7.19. The third kappa shape index (κ3) is 3.16. The van der Waals surface area contributed by atoms with Gasteiger partial charge >= 0.3 is 0 Å². The smallest absolute Gasteiger partial charge is 0.291 e. The molecule has 1 saturated heterocycles. The summed E-state index contributed by atoms with van der Waals surface area (Å²) in [6, 6.07) is 9.16. The first kappa shape index (κ1) is 17.2. The summed E-state index contributed by atoms with van der Waals surface area (Å²) in [5.74, 6) is 0.257. The number of aromatic nitrogens is 1. The van der Waals surface area contributed by atoms with Crippen molar-refractivity contribution in [1.82, 2.24) is 15.0 Å². The average molecular weight is 341 g/mol. The standard InChI is InChI=1S/C19H23N3O3/c1-19(2,3)18(24)22-11-7-10-21(22)17(23)15-12-16(25-4)13-8-5-6-9-14(13)20-15/h5-6,8-9,12H,7,10-11H2,1-4H3. The zero-order valence-electron chi connectivity index (χ0n) is 15.1. The molecule has 6 heteroatoms. The van der Waals surface area contributed by atoms with Gasteiger partial charge in [0.05, 0.1) is 12.6 Å². The van der Waals surface area contributed by atoms with Gasteiger partial charge in [0.25, 0.3) is 5.91 Å². The van der Waals surface area contributed by atoms with Gasteiger partial charge in [-0.15, -0.1) is 0 Å². The molecular formula is C19H23N3O3. The van der Waals surface area contributed by atoms with Crippen LogP contribution in [0.1, 0.15) is 37.7 Å².